The molecule has 2 saturated heterocycles. The van der Waals surface area contributed by atoms with Gasteiger partial charge in [-0.25, -0.2) is 0 Å². The van der Waals surface area contributed by atoms with Gasteiger partial charge in [0.05, 0.1) is 18.3 Å². The molecule has 0 unspecified atom stereocenters. The molecule has 28 heavy (non-hydrogen) atoms. The fourth-order valence-electron chi connectivity index (χ4n) is 3.78. The maximum atomic E-state index is 11.2. The Morgan fingerprint density at radius 1 is 1.21 bits per heavy atom. The van der Waals surface area contributed by atoms with Crippen molar-refractivity contribution >= 4 is 18.5 Å². The van der Waals surface area contributed by atoms with Crippen LogP contribution in [0.25, 0.3) is 0 Å². The molecule has 1 N–H and O–H groups in total. The van der Waals surface area contributed by atoms with Crippen LogP contribution in [0.1, 0.15) is 53.0 Å². The summed E-state index contributed by atoms with van der Waals surface area (Å²) >= 11 is 0. The van der Waals surface area contributed by atoms with Crippen molar-refractivity contribution in [3.63, 3.8) is 0 Å². The summed E-state index contributed by atoms with van der Waals surface area (Å²) in [4.78, 5) is 13.6. The van der Waals surface area contributed by atoms with Gasteiger partial charge < -0.3 is 19.4 Å². The van der Waals surface area contributed by atoms with Crippen LogP contribution in [0.4, 0.5) is 0 Å². The van der Waals surface area contributed by atoms with Gasteiger partial charge in [-0.15, -0.1) is 0 Å². The summed E-state index contributed by atoms with van der Waals surface area (Å²) in [6.07, 6.45) is 1.96. The molecule has 6 nitrogen and oxygen atoms in total. The van der Waals surface area contributed by atoms with E-state index in [4.69, 9.17) is 14.0 Å². The average molecular weight is 388 g/mol. The van der Waals surface area contributed by atoms with Gasteiger partial charge in [0.2, 0.25) is 5.91 Å². The van der Waals surface area contributed by atoms with E-state index in [9.17, 15) is 4.79 Å². The fourth-order valence-corrected chi connectivity index (χ4v) is 3.78. The minimum atomic E-state index is -0.388. The maximum Gasteiger partial charge on any atom is 0.494 e. The van der Waals surface area contributed by atoms with Gasteiger partial charge in [0, 0.05) is 38.2 Å². The van der Waals surface area contributed by atoms with Gasteiger partial charge in [-0.05, 0) is 52.1 Å². The molecule has 2 aliphatic rings. The normalized spacial score (nSPS) is 22.3. The van der Waals surface area contributed by atoms with Crippen molar-refractivity contribution in [3.8, 4) is 5.75 Å². The first kappa shape index (κ1) is 21.2. The molecule has 154 valence electrons. The Morgan fingerprint density at radius 3 is 2.36 bits per heavy atom. The van der Waals surface area contributed by atoms with E-state index in [0.717, 1.165) is 49.3 Å². The predicted molar refractivity (Wildman–Crippen MR) is 111 cm³/mol. The molecular weight excluding hydrogens is 355 g/mol. The Bertz CT molecular complexity index is 698. The number of benzene rings is 1. The topological polar surface area (TPSA) is 60.0 Å². The smallest absolute Gasteiger partial charge is 0.494 e. The molecule has 0 bridgehead atoms. The Balaban J connectivity index is 1.65. The summed E-state index contributed by atoms with van der Waals surface area (Å²) in [5, 5.41) is 3.02. The summed E-state index contributed by atoms with van der Waals surface area (Å²) in [7, 11) is 1.32. The lowest BCUT2D eigenvalue weighted by Gasteiger charge is -2.32. The van der Waals surface area contributed by atoms with E-state index in [1.165, 1.54) is 0 Å². The molecule has 1 aromatic carbocycles. The molecule has 0 radical (unpaired) electrons. The number of rotatable bonds is 5. The van der Waals surface area contributed by atoms with Crippen molar-refractivity contribution in [2.75, 3.05) is 20.2 Å². The second-order valence-electron chi connectivity index (χ2n) is 8.91. The van der Waals surface area contributed by atoms with Gasteiger partial charge in [-0.3, -0.25) is 9.69 Å². The van der Waals surface area contributed by atoms with Crippen molar-refractivity contribution in [1.82, 2.24) is 10.2 Å². The number of methoxy groups -OCH3 is 1. The van der Waals surface area contributed by atoms with Gasteiger partial charge >= 0.3 is 7.12 Å². The summed E-state index contributed by atoms with van der Waals surface area (Å²) < 4.78 is 18.0. The van der Waals surface area contributed by atoms with E-state index in [-0.39, 0.29) is 24.2 Å². The molecule has 0 spiro atoms. The van der Waals surface area contributed by atoms with Crippen LogP contribution in [-0.4, -0.2) is 55.4 Å². The molecule has 0 atom stereocenters. The van der Waals surface area contributed by atoms with Crippen molar-refractivity contribution in [3.05, 3.63) is 23.8 Å². The van der Waals surface area contributed by atoms with Crippen molar-refractivity contribution in [2.45, 2.75) is 71.2 Å². The minimum absolute atomic E-state index is 0.0541. The van der Waals surface area contributed by atoms with E-state index in [2.05, 4.69) is 50.0 Å². The lowest BCUT2D eigenvalue weighted by Crippen LogP contribution is -2.43. The molecule has 2 aliphatic heterocycles. The van der Waals surface area contributed by atoms with E-state index >= 15 is 0 Å². The zero-order valence-corrected chi connectivity index (χ0v) is 18.0. The standard InChI is InChI=1S/C21H33BN2O4/c1-15(25)23-18-9-11-24(12-10-18)14-16-7-8-17(13-19(16)26-6)22-27-20(2,3)21(4,5)28-22/h7-8,13,18H,9-12,14H2,1-6H3,(H,23,25). The first-order valence-corrected chi connectivity index (χ1v) is 10.1. The zero-order chi connectivity index (χ0) is 20.5. The van der Waals surface area contributed by atoms with Crippen LogP contribution in [0, 0.1) is 0 Å². The lowest BCUT2D eigenvalue weighted by atomic mass is 9.78. The van der Waals surface area contributed by atoms with Crippen LogP contribution >= 0.6 is 0 Å². The zero-order valence-electron chi connectivity index (χ0n) is 18.0. The molecule has 3 rings (SSSR count). The van der Waals surface area contributed by atoms with Crippen molar-refractivity contribution in [1.29, 1.82) is 0 Å². The molecule has 1 aromatic rings. The number of hydrogen-bond acceptors (Lipinski definition) is 5. The van der Waals surface area contributed by atoms with Crippen molar-refractivity contribution < 1.29 is 18.8 Å². The van der Waals surface area contributed by atoms with Gasteiger partial charge in [0.1, 0.15) is 5.75 Å². The number of carbonyl (C=O) groups is 1. The van der Waals surface area contributed by atoms with Crippen LogP contribution in [0.2, 0.25) is 0 Å². The number of nitrogens with zero attached hydrogens (tertiary/aromatic N) is 1. The van der Waals surface area contributed by atoms with E-state index < -0.39 is 0 Å². The van der Waals surface area contributed by atoms with Crippen LogP contribution in [0.5, 0.6) is 5.75 Å². The summed E-state index contributed by atoms with van der Waals surface area (Å²) in [6.45, 7) is 12.6. The molecule has 0 aliphatic carbocycles. The Labute approximate surface area is 169 Å². The summed E-state index contributed by atoms with van der Waals surface area (Å²) in [5.41, 5.74) is 1.41. The van der Waals surface area contributed by atoms with Gasteiger partial charge in [-0.1, -0.05) is 12.1 Å². The van der Waals surface area contributed by atoms with E-state index in [0.29, 0.717) is 6.04 Å². The second kappa shape index (κ2) is 8.05. The van der Waals surface area contributed by atoms with Gasteiger partial charge in [0.15, 0.2) is 0 Å². The number of amides is 1. The largest absolute Gasteiger partial charge is 0.496 e. The lowest BCUT2D eigenvalue weighted by molar-refractivity contribution is -0.119. The monoisotopic (exact) mass is 388 g/mol. The number of carbonyl (C=O) groups excluding carboxylic acids is 1. The molecule has 0 aromatic heterocycles. The van der Waals surface area contributed by atoms with Crippen LogP contribution in [0.15, 0.2) is 18.2 Å². The maximum absolute atomic E-state index is 11.2. The van der Waals surface area contributed by atoms with Crippen LogP contribution in [0.3, 0.4) is 0 Å². The number of likely N-dealkylation sites (tertiary alicyclic amines) is 1. The molecule has 0 saturated carbocycles. The summed E-state index contributed by atoms with van der Waals surface area (Å²) in [5.74, 6) is 0.912. The highest BCUT2D eigenvalue weighted by molar-refractivity contribution is 6.62. The third kappa shape index (κ3) is 4.53. The van der Waals surface area contributed by atoms with Crippen molar-refractivity contribution in [2.24, 2.45) is 0 Å². The minimum Gasteiger partial charge on any atom is -0.496 e. The fraction of sp³-hybridized carbons (Fsp3) is 0.667. The Kier molecular flexibility index (Phi) is 6.08. The van der Waals surface area contributed by atoms with E-state index in [1.807, 2.05) is 6.07 Å². The second-order valence-corrected chi connectivity index (χ2v) is 8.91. The molecule has 1 amide bonds. The Hall–Kier alpha value is -1.57. The van der Waals surface area contributed by atoms with Gasteiger partial charge in [0.25, 0.3) is 0 Å². The average Bonchev–Trinajstić information content (AvgIpc) is 2.84. The number of hydrogen-bond donors (Lipinski definition) is 1. The molecular formula is C21H33BN2O4. The van der Waals surface area contributed by atoms with Crippen LogP contribution in [-0.2, 0) is 20.6 Å². The molecule has 2 fully saturated rings. The highest BCUT2D eigenvalue weighted by Gasteiger charge is 2.51. The van der Waals surface area contributed by atoms with E-state index in [1.54, 1.807) is 14.0 Å². The number of ether oxygens (including phenoxy) is 1. The highest BCUT2D eigenvalue weighted by Crippen LogP contribution is 2.36. The molecule has 7 heteroatoms. The first-order valence-electron chi connectivity index (χ1n) is 10.1. The Morgan fingerprint density at radius 2 is 1.82 bits per heavy atom. The predicted octanol–water partition coefficient (Wildman–Crippen LogP) is 2.09. The highest BCUT2D eigenvalue weighted by atomic mass is 16.7. The first-order chi connectivity index (χ1) is 13.1. The third-order valence-electron chi connectivity index (χ3n) is 6.23. The number of piperidine rings is 1. The molecule has 2 heterocycles. The summed E-state index contributed by atoms with van der Waals surface area (Å²) in [6, 6.07) is 6.51. The number of nitrogens with one attached hydrogen (secondary N) is 1. The SMILES string of the molecule is COc1cc(B2OC(C)(C)C(C)(C)O2)ccc1CN1CCC(NC(C)=O)CC1. The van der Waals surface area contributed by atoms with Crippen LogP contribution < -0.4 is 15.5 Å². The quantitative estimate of drug-likeness (QED) is 0.783. The van der Waals surface area contributed by atoms with Gasteiger partial charge in [-0.2, -0.15) is 0 Å². The third-order valence-corrected chi connectivity index (χ3v) is 6.23.